The van der Waals surface area contributed by atoms with Crippen molar-refractivity contribution in [2.45, 2.75) is 18.7 Å². The Morgan fingerprint density at radius 2 is 1.78 bits per heavy atom. The number of carbonyl (C=O) groups is 1. The van der Waals surface area contributed by atoms with Crippen LogP contribution in [0.4, 0.5) is 0 Å². The fraction of sp³-hybridized carbons (Fsp3) is 0.304. The van der Waals surface area contributed by atoms with Crippen LogP contribution < -0.4 is 4.74 Å². The molecule has 0 atom stereocenters. The summed E-state index contributed by atoms with van der Waals surface area (Å²) in [6.07, 6.45) is 0. The minimum atomic E-state index is -3.60. The first-order valence-electron chi connectivity index (χ1n) is 10.3. The van der Waals surface area contributed by atoms with Crippen molar-refractivity contribution in [2.24, 2.45) is 0 Å². The molecule has 32 heavy (non-hydrogen) atoms. The maximum atomic E-state index is 13.1. The van der Waals surface area contributed by atoms with E-state index in [1.54, 1.807) is 30.4 Å². The van der Waals surface area contributed by atoms with E-state index in [-0.39, 0.29) is 19.0 Å². The van der Waals surface area contributed by atoms with E-state index in [9.17, 15) is 13.2 Å². The highest BCUT2D eigenvalue weighted by Crippen LogP contribution is 2.32. The molecule has 2 aromatic carbocycles. The third-order valence-corrected chi connectivity index (χ3v) is 8.46. The number of amides is 1. The zero-order chi connectivity index (χ0) is 22.9. The molecule has 0 radical (unpaired) electrons. The lowest BCUT2D eigenvalue weighted by molar-refractivity contribution is 0.0693. The van der Waals surface area contributed by atoms with Gasteiger partial charge in [0.1, 0.15) is 16.5 Å². The van der Waals surface area contributed by atoms with Crippen molar-refractivity contribution in [1.82, 2.24) is 14.2 Å². The number of benzene rings is 2. The SMILES string of the molecule is COc1ccccc1-c1nc(C(=O)N2CCN(S(=O)(=O)c3cc(C)ccc3C)CC2)cs1. The molecular formula is C23H25N3O4S2. The molecule has 0 unspecified atom stereocenters. The van der Waals surface area contributed by atoms with Crippen molar-refractivity contribution in [3.8, 4) is 16.3 Å². The largest absolute Gasteiger partial charge is 0.496 e. The van der Waals surface area contributed by atoms with Gasteiger partial charge in [-0.1, -0.05) is 24.3 Å². The number of hydrogen-bond donors (Lipinski definition) is 0. The van der Waals surface area contributed by atoms with Crippen molar-refractivity contribution in [1.29, 1.82) is 0 Å². The van der Waals surface area contributed by atoms with Gasteiger partial charge in [-0.25, -0.2) is 13.4 Å². The van der Waals surface area contributed by atoms with Crippen molar-refractivity contribution < 1.29 is 17.9 Å². The number of thiazole rings is 1. The van der Waals surface area contributed by atoms with E-state index in [1.165, 1.54) is 15.6 Å². The summed E-state index contributed by atoms with van der Waals surface area (Å²) in [6, 6.07) is 13.0. The monoisotopic (exact) mass is 471 g/mol. The lowest BCUT2D eigenvalue weighted by Gasteiger charge is -2.34. The first kappa shape index (κ1) is 22.4. The maximum absolute atomic E-state index is 13.1. The lowest BCUT2D eigenvalue weighted by Crippen LogP contribution is -2.50. The number of rotatable bonds is 5. The van der Waals surface area contributed by atoms with E-state index < -0.39 is 10.0 Å². The van der Waals surface area contributed by atoms with E-state index in [2.05, 4.69) is 4.98 Å². The summed E-state index contributed by atoms with van der Waals surface area (Å²) in [6.45, 7) is 4.83. The second-order valence-corrected chi connectivity index (χ2v) is 10.5. The Kier molecular flexibility index (Phi) is 6.32. The molecule has 0 spiro atoms. The summed E-state index contributed by atoms with van der Waals surface area (Å²) in [5.74, 6) is 0.511. The van der Waals surface area contributed by atoms with E-state index in [0.29, 0.717) is 34.4 Å². The molecule has 168 valence electrons. The molecule has 1 aliphatic rings. The smallest absolute Gasteiger partial charge is 0.273 e. The average molecular weight is 472 g/mol. The summed E-state index contributed by atoms with van der Waals surface area (Å²) >= 11 is 1.38. The van der Waals surface area contributed by atoms with Crippen LogP contribution in [0.25, 0.3) is 10.6 Å². The summed E-state index contributed by atoms with van der Waals surface area (Å²) in [5.41, 5.74) is 2.82. The first-order chi connectivity index (χ1) is 15.3. The fourth-order valence-electron chi connectivity index (χ4n) is 3.73. The summed E-state index contributed by atoms with van der Waals surface area (Å²) in [4.78, 5) is 19.5. The predicted octanol–water partition coefficient (Wildman–Crippen LogP) is 3.58. The van der Waals surface area contributed by atoms with Crippen molar-refractivity contribution in [3.63, 3.8) is 0 Å². The van der Waals surface area contributed by atoms with Gasteiger partial charge in [0.05, 0.1) is 17.6 Å². The summed E-state index contributed by atoms with van der Waals surface area (Å²) < 4.78 is 33.1. The molecule has 1 amide bonds. The highest BCUT2D eigenvalue weighted by molar-refractivity contribution is 7.89. The highest BCUT2D eigenvalue weighted by atomic mass is 32.2. The molecule has 0 bridgehead atoms. The van der Waals surface area contributed by atoms with Crippen LogP contribution in [0.5, 0.6) is 5.75 Å². The number of hydrogen-bond acceptors (Lipinski definition) is 6. The van der Waals surface area contributed by atoms with E-state index in [0.717, 1.165) is 16.7 Å². The van der Waals surface area contributed by atoms with Gasteiger partial charge in [0, 0.05) is 31.6 Å². The Hall–Kier alpha value is -2.75. The molecule has 7 nitrogen and oxygen atoms in total. The van der Waals surface area contributed by atoms with Crippen LogP contribution in [0.2, 0.25) is 0 Å². The van der Waals surface area contributed by atoms with Gasteiger partial charge in [-0.05, 0) is 43.2 Å². The first-order valence-corrected chi connectivity index (χ1v) is 12.6. The van der Waals surface area contributed by atoms with Gasteiger partial charge in [0.2, 0.25) is 10.0 Å². The summed E-state index contributed by atoms with van der Waals surface area (Å²) in [5, 5.41) is 2.45. The number of nitrogens with zero attached hydrogens (tertiary/aromatic N) is 3. The molecule has 0 saturated carbocycles. The van der Waals surface area contributed by atoms with E-state index >= 15 is 0 Å². The Labute approximate surface area is 192 Å². The molecule has 0 aliphatic carbocycles. The van der Waals surface area contributed by atoms with Crippen molar-refractivity contribution in [2.75, 3.05) is 33.3 Å². The fourth-order valence-corrected chi connectivity index (χ4v) is 6.29. The number of carbonyl (C=O) groups excluding carboxylic acids is 1. The average Bonchev–Trinajstić information content (AvgIpc) is 3.30. The van der Waals surface area contributed by atoms with Crippen molar-refractivity contribution in [3.05, 3.63) is 64.7 Å². The van der Waals surface area contributed by atoms with Gasteiger partial charge in [-0.15, -0.1) is 11.3 Å². The molecule has 0 N–H and O–H groups in total. The standard InChI is InChI=1S/C23H25N3O4S2/c1-16-8-9-17(2)21(14-16)32(28,29)26-12-10-25(11-13-26)23(27)19-15-31-22(24-19)18-6-4-5-7-20(18)30-3/h4-9,14-15H,10-13H2,1-3H3. The van der Waals surface area contributed by atoms with Gasteiger partial charge in [0.15, 0.2) is 0 Å². The zero-order valence-corrected chi connectivity index (χ0v) is 19.9. The van der Waals surface area contributed by atoms with Crippen molar-refractivity contribution >= 4 is 27.3 Å². The number of aryl methyl sites for hydroxylation is 2. The minimum Gasteiger partial charge on any atom is -0.496 e. The molecule has 1 fully saturated rings. The molecular weight excluding hydrogens is 446 g/mol. The van der Waals surface area contributed by atoms with E-state index in [4.69, 9.17) is 4.74 Å². The van der Waals surface area contributed by atoms with Crippen LogP contribution in [-0.2, 0) is 10.0 Å². The molecule has 1 aromatic heterocycles. The zero-order valence-electron chi connectivity index (χ0n) is 18.2. The number of ether oxygens (including phenoxy) is 1. The minimum absolute atomic E-state index is 0.189. The van der Waals surface area contributed by atoms with Crippen LogP contribution in [0.15, 0.2) is 52.7 Å². The topological polar surface area (TPSA) is 79.8 Å². The highest BCUT2D eigenvalue weighted by Gasteiger charge is 2.32. The van der Waals surface area contributed by atoms with Gasteiger partial charge in [0.25, 0.3) is 5.91 Å². The van der Waals surface area contributed by atoms with Gasteiger partial charge in [-0.3, -0.25) is 4.79 Å². The van der Waals surface area contributed by atoms with Crippen LogP contribution in [-0.4, -0.2) is 61.8 Å². The number of piperazine rings is 1. The molecule has 9 heteroatoms. The Balaban J connectivity index is 1.46. The quantitative estimate of drug-likeness (QED) is 0.568. The number of para-hydroxylation sites is 1. The van der Waals surface area contributed by atoms with Gasteiger partial charge in [-0.2, -0.15) is 4.31 Å². The second kappa shape index (κ2) is 9.01. The molecule has 3 aromatic rings. The van der Waals surface area contributed by atoms with Gasteiger partial charge < -0.3 is 9.64 Å². The Bertz CT molecular complexity index is 1250. The third kappa shape index (κ3) is 4.28. The Morgan fingerprint density at radius 1 is 1.06 bits per heavy atom. The van der Waals surface area contributed by atoms with Crippen LogP contribution in [0, 0.1) is 13.8 Å². The van der Waals surface area contributed by atoms with Crippen LogP contribution in [0.3, 0.4) is 0 Å². The molecule has 1 saturated heterocycles. The third-order valence-electron chi connectivity index (χ3n) is 5.55. The second-order valence-electron chi connectivity index (χ2n) is 7.70. The maximum Gasteiger partial charge on any atom is 0.273 e. The normalized spacial score (nSPS) is 15.0. The Morgan fingerprint density at radius 3 is 2.50 bits per heavy atom. The predicted molar refractivity (Wildman–Crippen MR) is 125 cm³/mol. The van der Waals surface area contributed by atoms with E-state index in [1.807, 2.05) is 43.3 Å². The van der Waals surface area contributed by atoms with Crippen LogP contribution >= 0.6 is 11.3 Å². The number of methoxy groups -OCH3 is 1. The lowest BCUT2D eigenvalue weighted by atomic mass is 10.2. The van der Waals surface area contributed by atoms with Crippen LogP contribution in [0.1, 0.15) is 21.6 Å². The molecule has 2 heterocycles. The molecule has 4 rings (SSSR count). The number of aromatic nitrogens is 1. The summed E-state index contributed by atoms with van der Waals surface area (Å²) in [7, 11) is -2.00. The number of sulfonamides is 1. The molecule has 1 aliphatic heterocycles. The van der Waals surface area contributed by atoms with Gasteiger partial charge >= 0.3 is 0 Å².